The minimum atomic E-state index is -0.502. The van der Waals surface area contributed by atoms with E-state index in [-0.39, 0.29) is 19.3 Å². The summed E-state index contributed by atoms with van der Waals surface area (Å²) in [6.45, 7) is 4.67. The van der Waals surface area contributed by atoms with E-state index in [1.807, 2.05) is 44.2 Å². The van der Waals surface area contributed by atoms with Crippen LogP contribution in [0.4, 0.5) is 0 Å². The highest BCUT2D eigenvalue weighted by Gasteiger charge is 2.18. The Morgan fingerprint density at radius 2 is 1.81 bits per heavy atom. The zero-order valence-corrected chi connectivity index (χ0v) is 14.9. The molecular weight excluding hydrogens is 334 g/mol. The van der Waals surface area contributed by atoms with Crippen LogP contribution >= 0.6 is 0 Å². The zero-order valence-electron chi connectivity index (χ0n) is 14.9. The maximum Gasteiger partial charge on any atom is 0.338 e. The van der Waals surface area contributed by atoms with Gasteiger partial charge in [0.25, 0.3) is 5.91 Å². The molecule has 0 unspecified atom stereocenters. The van der Waals surface area contributed by atoms with Crippen LogP contribution in [0.3, 0.4) is 0 Å². The second kappa shape index (κ2) is 7.91. The number of hydrogen-bond acceptors (Lipinski definition) is 5. The van der Waals surface area contributed by atoms with Crippen LogP contribution in [0.2, 0.25) is 0 Å². The third-order valence-corrected chi connectivity index (χ3v) is 4.16. The van der Waals surface area contributed by atoms with E-state index in [1.165, 1.54) is 0 Å². The molecule has 0 saturated heterocycles. The van der Waals surface area contributed by atoms with E-state index in [4.69, 9.17) is 14.2 Å². The summed E-state index contributed by atoms with van der Waals surface area (Å²) < 4.78 is 15.8. The van der Waals surface area contributed by atoms with Crippen LogP contribution in [-0.4, -0.2) is 36.7 Å². The summed E-state index contributed by atoms with van der Waals surface area (Å²) in [5.41, 5.74) is 2.41. The second-order valence-electron chi connectivity index (χ2n) is 6.04. The molecule has 1 aliphatic heterocycles. The lowest BCUT2D eigenvalue weighted by atomic mass is 10.1. The van der Waals surface area contributed by atoms with E-state index in [2.05, 4.69) is 0 Å². The first kappa shape index (κ1) is 17.8. The number of aryl methyl sites for hydroxylation is 1. The van der Waals surface area contributed by atoms with E-state index in [1.54, 1.807) is 17.0 Å². The molecule has 136 valence electrons. The summed E-state index contributed by atoms with van der Waals surface area (Å²) >= 11 is 0. The average molecular weight is 355 g/mol. The van der Waals surface area contributed by atoms with E-state index in [9.17, 15) is 9.59 Å². The van der Waals surface area contributed by atoms with Crippen molar-refractivity contribution in [3.8, 4) is 11.5 Å². The summed E-state index contributed by atoms with van der Waals surface area (Å²) in [4.78, 5) is 26.1. The molecule has 26 heavy (non-hydrogen) atoms. The lowest BCUT2D eigenvalue weighted by Crippen LogP contribution is -2.34. The van der Waals surface area contributed by atoms with Crippen LogP contribution in [0, 0.1) is 6.92 Å². The van der Waals surface area contributed by atoms with Crippen LogP contribution in [0.25, 0.3) is 0 Å². The van der Waals surface area contributed by atoms with Crippen molar-refractivity contribution in [1.29, 1.82) is 0 Å². The van der Waals surface area contributed by atoms with Gasteiger partial charge in [0.15, 0.2) is 18.1 Å². The van der Waals surface area contributed by atoms with E-state index in [0.29, 0.717) is 30.2 Å². The van der Waals surface area contributed by atoms with Gasteiger partial charge in [-0.3, -0.25) is 4.79 Å². The quantitative estimate of drug-likeness (QED) is 0.746. The molecule has 0 aromatic heterocycles. The van der Waals surface area contributed by atoms with Crippen LogP contribution < -0.4 is 9.47 Å². The molecule has 6 heteroatoms. The number of ether oxygens (including phenoxy) is 3. The Kier molecular flexibility index (Phi) is 5.41. The summed E-state index contributed by atoms with van der Waals surface area (Å²) in [6, 6.07) is 12.6. The van der Waals surface area contributed by atoms with Gasteiger partial charge in [0.05, 0.1) is 5.56 Å². The summed E-state index contributed by atoms with van der Waals surface area (Å²) in [5.74, 6) is 0.634. The van der Waals surface area contributed by atoms with Crippen molar-refractivity contribution in [3.05, 3.63) is 59.2 Å². The average Bonchev–Trinajstić information content (AvgIpc) is 3.12. The van der Waals surface area contributed by atoms with Crippen molar-refractivity contribution in [1.82, 2.24) is 4.90 Å². The number of carbonyl (C=O) groups excluding carboxylic acids is 2. The predicted octanol–water partition coefficient (Wildman–Crippen LogP) is 2.93. The molecule has 1 heterocycles. The molecule has 6 nitrogen and oxygen atoms in total. The van der Waals surface area contributed by atoms with E-state index in [0.717, 1.165) is 11.1 Å². The molecule has 0 fully saturated rings. The van der Waals surface area contributed by atoms with Crippen molar-refractivity contribution in [3.63, 3.8) is 0 Å². The molecule has 2 aromatic carbocycles. The highest BCUT2D eigenvalue weighted by Crippen LogP contribution is 2.32. The first-order chi connectivity index (χ1) is 12.6. The Labute approximate surface area is 152 Å². The molecule has 0 bridgehead atoms. The molecule has 2 aromatic rings. The largest absolute Gasteiger partial charge is 0.454 e. The van der Waals surface area contributed by atoms with Crippen LogP contribution in [0.5, 0.6) is 11.5 Å². The maximum atomic E-state index is 12.4. The Morgan fingerprint density at radius 1 is 1.08 bits per heavy atom. The summed E-state index contributed by atoms with van der Waals surface area (Å²) in [6.07, 6.45) is 0. The lowest BCUT2D eigenvalue weighted by Gasteiger charge is -2.21. The van der Waals surface area contributed by atoms with Gasteiger partial charge in [-0.1, -0.05) is 23.8 Å². The van der Waals surface area contributed by atoms with Crippen molar-refractivity contribution >= 4 is 11.9 Å². The number of benzene rings is 2. The fourth-order valence-corrected chi connectivity index (χ4v) is 2.63. The standard InChI is InChI=1S/C20H21NO5/c1-3-21(11-15-6-9-17-18(10-15)26-13-25-17)19(22)12-24-20(23)16-7-4-14(2)5-8-16/h4-10H,3,11-13H2,1-2H3. The number of esters is 1. The number of likely N-dealkylation sites (N-methyl/N-ethyl adjacent to an activating group) is 1. The fourth-order valence-electron chi connectivity index (χ4n) is 2.63. The third kappa shape index (κ3) is 4.14. The Balaban J connectivity index is 1.56. The summed E-state index contributed by atoms with van der Waals surface area (Å²) in [7, 11) is 0. The van der Waals surface area contributed by atoms with Gasteiger partial charge in [-0.05, 0) is 43.7 Å². The molecule has 0 saturated carbocycles. The number of fused-ring (bicyclic) bond motifs is 1. The van der Waals surface area contributed by atoms with Crippen LogP contribution in [-0.2, 0) is 16.1 Å². The van der Waals surface area contributed by atoms with Crippen molar-refractivity contribution in [2.24, 2.45) is 0 Å². The van der Waals surface area contributed by atoms with Crippen molar-refractivity contribution < 1.29 is 23.8 Å². The van der Waals surface area contributed by atoms with E-state index < -0.39 is 5.97 Å². The number of carbonyl (C=O) groups is 2. The van der Waals surface area contributed by atoms with Gasteiger partial charge in [0.1, 0.15) is 0 Å². The SMILES string of the molecule is CCN(Cc1ccc2c(c1)OCO2)C(=O)COC(=O)c1ccc(C)cc1. The first-order valence-corrected chi connectivity index (χ1v) is 8.47. The highest BCUT2D eigenvalue weighted by atomic mass is 16.7. The van der Waals surface area contributed by atoms with Gasteiger partial charge in [0, 0.05) is 13.1 Å². The van der Waals surface area contributed by atoms with E-state index >= 15 is 0 Å². The molecule has 0 spiro atoms. The minimum Gasteiger partial charge on any atom is -0.454 e. The Hall–Kier alpha value is -3.02. The Bertz CT molecular complexity index is 800. The maximum absolute atomic E-state index is 12.4. The number of rotatable bonds is 6. The second-order valence-corrected chi connectivity index (χ2v) is 6.04. The van der Waals surface area contributed by atoms with Gasteiger partial charge >= 0.3 is 5.97 Å². The fraction of sp³-hybridized carbons (Fsp3) is 0.300. The lowest BCUT2D eigenvalue weighted by molar-refractivity contribution is -0.134. The number of hydrogen-bond donors (Lipinski definition) is 0. The van der Waals surface area contributed by atoms with Gasteiger partial charge in [0.2, 0.25) is 6.79 Å². The van der Waals surface area contributed by atoms with Crippen molar-refractivity contribution in [2.75, 3.05) is 19.9 Å². The monoisotopic (exact) mass is 355 g/mol. The molecule has 3 rings (SSSR count). The van der Waals surface area contributed by atoms with Crippen LogP contribution in [0.1, 0.15) is 28.4 Å². The molecule has 1 amide bonds. The van der Waals surface area contributed by atoms with Gasteiger partial charge in [-0.25, -0.2) is 4.79 Å². The molecule has 0 N–H and O–H groups in total. The zero-order chi connectivity index (χ0) is 18.5. The van der Waals surface area contributed by atoms with Crippen LogP contribution in [0.15, 0.2) is 42.5 Å². The van der Waals surface area contributed by atoms with Gasteiger partial charge < -0.3 is 19.1 Å². The molecule has 0 aliphatic carbocycles. The van der Waals surface area contributed by atoms with Gasteiger partial charge in [-0.15, -0.1) is 0 Å². The summed E-state index contributed by atoms with van der Waals surface area (Å²) in [5, 5.41) is 0. The number of amides is 1. The first-order valence-electron chi connectivity index (χ1n) is 8.47. The highest BCUT2D eigenvalue weighted by molar-refractivity contribution is 5.91. The van der Waals surface area contributed by atoms with Crippen molar-refractivity contribution in [2.45, 2.75) is 20.4 Å². The molecular formula is C20H21NO5. The molecule has 0 radical (unpaired) electrons. The molecule has 0 atom stereocenters. The molecule has 1 aliphatic rings. The topological polar surface area (TPSA) is 65.1 Å². The number of nitrogens with zero attached hydrogens (tertiary/aromatic N) is 1. The smallest absolute Gasteiger partial charge is 0.338 e. The normalized spacial score (nSPS) is 11.9. The van der Waals surface area contributed by atoms with Gasteiger partial charge in [-0.2, -0.15) is 0 Å². The third-order valence-electron chi connectivity index (χ3n) is 4.16. The minimum absolute atomic E-state index is 0.212. The predicted molar refractivity (Wildman–Crippen MR) is 95.1 cm³/mol. The Morgan fingerprint density at radius 3 is 2.54 bits per heavy atom.